The van der Waals surface area contributed by atoms with Crippen molar-refractivity contribution in [3.05, 3.63) is 29.8 Å². The summed E-state index contributed by atoms with van der Waals surface area (Å²) >= 11 is 0. The zero-order valence-corrected chi connectivity index (χ0v) is 12.6. The van der Waals surface area contributed by atoms with Crippen LogP contribution in [0.15, 0.2) is 24.3 Å². The van der Waals surface area contributed by atoms with Gasteiger partial charge in [-0.25, -0.2) is 0 Å². The van der Waals surface area contributed by atoms with Gasteiger partial charge in [-0.1, -0.05) is 32.4 Å². The molecular weight excluding hydrogens is 248 g/mol. The van der Waals surface area contributed by atoms with Crippen LogP contribution >= 0.6 is 0 Å². The van der Waals surface area contributed by atoms with Crippen LogP contribution in [-0.2, 0) is 0 Å². The Morgan fingerprint density at radius 1 is 1.40 bits per heavy atom. The lowest BCUT2D eigenvalue weighted by molar-refractivity contribution is 0.266. The first-order valence-electron chi connectivity index (χ1n) is 7.39. The van der Waals surface area contributed by atoms with Gasteiger partial charge in [0, 0.05) is 12.1 Å². The minimum atomic E-state index is 0.101. The van der Waals surface area contributed by atoms with Gasteiger partial charge in [-0.2, -0.15) is 5.26 Å². The number of nitriles is 1. The van der Waals surface area contributed by atoms with Crippen molar-refractivity contribution in [2.75, 3.05) is 6.61 Å². The third-order valence-electron chi connectivity index (χ3n) is 4.39. The van der Waals surface area contributed by atoms with E-state index < -0.39 is 0 Å². The van der Waals surface area contributed by atoms with Gasteiger partial charge in [0.2, 0.25) is 0 Å². The Bertz CT molecular complexity index is 473. The molecule has 3 nitrogen and oxygen atoms in total. The summed E-state index contributed by atoms with van der Waals surface area (Å²) in [7, 11) is 0. The molecule has 0 heterocycles. The van der Waals surface area contributed by atoms with Crippen LogP contribution < -0.4 is 10.1 Å². The molecule has 0 bridgehead atoms. The Labute approximate surface area is 121 Å². The Kier molecular flexibility index (Phi) is 4.67. The summed E-state index contributed by atoms with van der Waals surface area (Å²) in [6.45, 7) is 7.01. The zero-order chi connectivity index (χ0) is 14.6. The van der Waals surface area contributed by atoms with E-state index in [4.69, 9.17) is 10.00 Å². The van der Waals surface area contributed by atoms with Crippen LogP contribution in [0.2, 0.25) is 0 Å². The van der Waals surface area contributed by atoms with Gasteiger partial charge in [0.25, 0.3) is 0 Å². The van der Waals surface area contributed by atoms with Crippen molar-refractivity contribution in [3.8, 4) is 11.8 Å². The third-order valence-corrected chi connectivity index (χ3v) is 4.39. The summed E-state index contributed by atoms with van der Waals surface area (Å²) in [4.78, 5) is 0. The molecule has 1 saturated carbocycles. The molecule has 2 unspecified atom stereocenters. The number of rotatable bonds is 5. The van der Waals surface area contributed by atoms with Gasteiger partial charge in [0.15, 0.2) is 6.61 Å². The number of hydrogen-bond donors (Lipinski definition) is 1. The molecule has 1 aromatic rings. The second-order valence-corrected chi connectivity index (χ2v) is 6.34. The summed E-state index contributed by atoms with van der Waals surface area (Å²) in [6.07, 6.45) is 3.89. The van der Waals surface area contributed by atoms with Crippen LogP contribution in [0.5, 0.6) is 5.75 Å². The van der Waals surface area contributed by atoms with E-state index in [0.29, 0.717) is 17.5 Å². The number of hydrogen-bond acceptors (Lipinski definition) is 3. The molecule has 2 atom stereocenters. The van der Waals surface area contributed by atoms with Crippen LogP contribution in [-0.4, -0.2) is 12.6 Å². The minimum absolute atomic E-state index is 0.101. The van der Waals surface area contributed by atoms with Crippen molar-refractivity contribution in [1.82, 2.24) is 5.32 Å². The quantitative estimate of drug-likeness (QED) is 0.886. The first-order chi connectivity index (χ1) is 9.53. The topological polar surface area (TPSA) is 45.0 Å². The van der Waals surface area contributed by atoms with E-state index in [0.717, 1.165) is 5.75 Å². The largest absolute Gasteiger partial charge is 0.479 e. The molecule has 20 heavy (non-hydrogen) atoms. The average Bonchev–Trinajstić information content (AvgIpc) is 2.76. The van der Waals surface area contributed by atoms with E-state index in [1.165, 1.54) is 24.8 Å². The number of ether oxygens (including phenoxy) is 1. The maximum atomic E-state index is 8.49. The number of nitrogens with one attached hydrogen (secondary N) is 1. The molecule has 1 fully saturated rings. The first-order valence-corrected chi connectivity index (χ1v) is 7.39. The molecule has 3 heteroatoms. The summed E-state index contributed by atoms with van der Waals surface area (Å²) < 4.78 is 5.27. The van der Waals surface area contributed by atoms with Gasteiger partial charge < -0.3 is 10.1 Å². The van der Waals surface area contributed by atoms with Gasteiger partial charge >= 0.3 is 0 Å². The molecular formula is C17H24N2O. The van der Waals surface area contributed by atoms with Crippen LogP contribution in [0.25, 0.3) is 0 Å². The van der Waals surface area contributed by atoms with E-state index in [-0.39, 0.29) is 6.61 Å². The molecule has 1 aliphatic carbocycles. The molecule has 0 saturated heterocycles. The summed E-state index contributed by atoms with van der Waals surface area (Å²) in [5, 5.41) is 12.2. The Morgan fingerprint density at radius 2 is 2.10 bits per heavy atom. The molecule has 1 aromatic carbocycles. The highest BCUT2D eigenvalue weighted by molar-refractivity contribution is 5.29. The Morgan fingerprint density at radius 3 is 2.65 bits per heavy atom. The second-order valence-electron chi connectivity index (χ2n) is 6.34. The number of nitrogens with zero attached hydrogens (tertiary/aromatic N) is 1. The lowest BCUT2D eigenvalue weighted by Crippen LogP contribution is -2.39. The maximum absolute atomic E-state index is 8.49. The molecule has 0 spiro atoms. The van der Waals surface area contributed by atoms with Crippen LogP contribution in [0.3, 0.4) is 0 Å². The van der Waals surface area contributed by atoms with Crippen molar-refractivity contribution >= 4 is 0 Å². The highest BCUT2D eigenvalue weighted by Crippen LogP contribution is 2.38. The van der Waals surface area contributed by atoms with Gasteiger partial charge in [-0.3, -0.25) is 0 Å². The van der Waals surface area contributed by atoms with Gasteiger partial charge in [0.05, 0.1) is 0 Å². The van der Waals surface area contributed by atoms with E-state index >= 15 is 0 Å². The summed E-state index contributed by atoms with van der Waals surface area (Å²) in [5.41, 5.74) is 1.65. The smallest absolute Gasteiger partial charge is 0.174 e. The van der Waals surface area contributed by atoms with Crippen molar-refractivity contribution in [1.29, 1.82) is 5.26 Å². The van der Waals surface area contributed by atoms with E-state index in [9.17, 15) is 0 Å². The normalized spacial score (nSPS) is 22.2. The first kappa shape index (κ1) is 14.9. The van der Waals surface area contributed by atoms with Crippen LogP contribution in [0.1, 0.15) is 51.6 Å². The predicted molar refractivity (Wildman–Crippen MR) is 80.5 cm³/mol. The minimum Gasteiger partial charge on any atom is -0.479 e. The molecule has 0 aromatic heterocycles. The van der Waals surface area contributed by atoms with Gasteiger partial charge in [-0.15, -0.1) is 0 Å². The van der Waals surface area contributed by atoms with E-state index in [1.807, 2.05) is 18.2 Å². The fraction of sp³-hybridized carbons (Fsp3) is 0.588. The maximum Gasteiger partial charge on any atom is 0.174 e. The highest BCUT2D eigenvalue weighted by Gasteiger charge is 2.34. The molecule has 108 valence electrons. The molecule has 0 radical (unpaired) electrons. The van der Waals surface area contributed by atoms with E-state index in [2.05, 4.69) is 38.2 Å². The summed E-state index contributed by atoms with van der Waals surface area (Å²) in [5.74, 6) is 0.753. The fourth-order valence-corrected chi connectivity index (χ4v) is 3.00. The Balaban J connectivity index is 1.95. The molecule has 2 rings (SSSR count). The van der Waals surface area contributed by atoms with Crippen molar-refractivity contribution < 1.29 is 4.74 Å². The van der Waals surface area contributed by atoms with Crippen molar-refractivity contribution in [2.24, 2.45) is 5.41 Å². The Hall–Kier alpha value is -1.53. The van der Waals surface area contributed by atoms with E-state index in [1.54, 1.807) is 0 Å². The predicted octanol–water partition coefficient (Wildman–Crippen LogP) is 3.82. The zero-order valence-electron chi connectivity index (χ0n) is 12.6. The van der Waals surface area contributed by atoms with Gasteiger partial charge in [-0.05, 0) is 42.9 Å². The number of benzene rings is 1. The second kappa shape index (κ2) is 6.28. The van der Waals surface area contributed by atoms with Crippen LogP contribution in [0.4, 0.5) is 0 Å². The molecule has 0 aliphatic heterocycles. The average molecular weight is 272 g/mol. The molecule has 0 amide bonds. The van der Waals surface area contributed by atoms with Crippen molar-refractivity contribution in [2.45, 2.75) is 52.1 Å². The van der Waals surface area contributed by atoms with Crippen molar-refractivity contribution in [3.63, 3.8) is 0 Å². The third kappa shape index (κ3) is 3.52. The molecule has 1 N–H and O–H groups in total. The fourth-order valence-electron chi connectivity index (χ4n) is 3.00. The lowest BCUT2D eigenvalue weighted by atomic mass is 9.86. The SMILES string of the molecule is CC(NC1CCCC1(C)C)c1ccc(OCC#N)cc1. The lowest BCUT2D eigenvalue weighted by Gasteiger charge is -2.31. The molecule has 1 aliphatic rings. The standard InChI is InChI=1S/C17H24N2O/c1-13(19-16-5-4-10-17(16,2)3)14-6-8-15(9-7-14)20-12-11-18/h6-9,13,16,19H,4-5,10,12H2,1-3H3. The monoisotopic (exact) mass is 272 g/mol. The highest BCUT2D eigenvalue weighted by atomic mass is 16.5. The van der Waals surface area contributed by atoms with Gasteiger partial charge in [0.1, 0.15) is 11.8 Å². The summed E-state index contributed by atoms with van der Waals surface area (Å²) in [6, 6.07) is 10.9. The van der Waals surface area contributed by atoms with Crippen LogP contribution in [0, 0.1) is 16.7 Å².